The van der Waals surface area contributed by atoms with E-state index in [1.165, 1.54) is 12.1 Å². The highest BCUT2D eigenvalue weighted by atomic mass is 32.1. The van der Waals surface area contributed by atoms with Crippen molar-refractivity contribution in [3.8, 4) is 21.7 Å². The number of nitrogens with zero attached hydrogens (tertiary/aromatic N) is 2. The maximum absolute atomic E-state index is 13.2. The Morgan fingerprint density at radius 3 is 2.41 bits per heavy atom. The predicted octanol–water partition coefficient (Wildman–Crippen LogP) is 5.44. The monoisotopic (exact) mass is 312 g/mol. The lowest BCUT2D eigenvalue weighted by Gasteiger charge is -2.03. The van der Waals surface area contributed by atoms with Crippen LogP contribution in [0.25, 0.3) is 21.7 Å². The number of benzene rings is 1. The minimum Gasteiger partial charge on any atom is -0.262 e. The molecule has 2 heterocycles. The van der Waals surface area contributed by atoms with Crippen molar-refractivity contribution in [2.75, 3.05) is 0 Å². The van der Waals surface area contributed by atoms with Gasteiger partial charge < -0.3 is 0 Å². The van der Waals surface area contributed by atoms with E-state index in [9.17, 15) is 4.39 Å². The Bertz CT molecular complexity index is 791. The number of aromatic nitrogens is 2. The number of halogens is 1. The van der Waals surface area contributed by atoms with Gasteiger partial charge in [-0.2, -0.15) is 0 Å². The topological polar surface area (TPSA) is 25.8 Å². The van der Waals surface area contributed by atoms with E-state index in [-0.39, 0.29) is 5.82 Å². The number of hydrogen-bond acceptors (Lipinski definition) is 3. The van der Waals surface area contributed by atoms with E-state index < -0.39 is 0 Å². The van der Waals surface area contributed by atoms with Gasteiger partial charge in [0.1, 0.15) is 5.82 Å². The molecule has 1 aromatic carbocycles. The van der Waals surface area contributed by atoms with Crippen molar-refractivity contribution in [3.05, 3.63) is 59.1 Å². The Morgan fingerprint density at radius 2 is 1.77 bits per heavy atom. The average Bonchev–Trinajstić information content (AvgIpc) is 2.93. The molecule has 0 aliphatic rings. The molecule has 0 aliphatic carbocycles. The summed E-state index contributed by atoms with van der Waals surface area (Å²) in [6.45, 7) is 6.25. The molecule has 0 fully saturated rings. The van der Waals surface area contributed by atoms with Crippen LogP contribution in [0.2, 0.25) is 0 Å². The summed E-state index contributed by atoms with van der Waals surface area (Å²) in [4.78, 5) is 10.2. The van der Waals surface area contributed by atoms with E-state index in [4.69, 9.17) is 4.98 Å². The molecule has 0 unspecified atom stereocenters. The second-order valence-electron chi connectivity index (χ2n) is 5.58. The lowest BCUT2D eigenvalue weighted by Crippen LogP contribution is -1.87. The number of rotatable bonds is 3. The third-order valence-corrected chi connectivity index (χ3v) is 4.82. The molecule has 0 bridgehead atoms. The van der Waals surface area contributed by atoms with Crippen LogP contribution in [0.1, 0.15) is 30.5 Å². The molecular formula is C18H17FN2S. The fraction of sp³-hybridized carbons (Fsp3) is 0.222. The molecule has 0 aliphatic heterocycles. The Morgan fingerprint density at radius 1 is 1.05 bits per heavy atom. The highest BCUT2D eigenvalue weighted by molar-refractivity contribution is 7.15. The molecule has 3 rings (SSSR count). The zero-order chi connectivity index (χ0) is 15.7. The lowest BCUT2D eigenvalue weighted by atomic mass is 10.1. The largest absolute Gasteiger partial charge is 0.262 e. The van der Waals surface area contributed by atoms with Crippen molar-refractivity contribution in [3.63, 3.8) is 0 Å². The molecule has 2 nitrogen and oxygen atoms in total. The van der Waals surface area contributed by atoms with Gasteiger partial charge in [-0.05, 0) is 48.9 Å². The summed E-state index contributed by atoms with van der Waals surface area (Å²) >= 11 is 1.70. The number of pyridine rings is 1. The molecule has 0 saturated carbocycles. The van der Waals surface area contributed by atoms with Crippen LogP contribution in [0.15, 0.2) is 42.6 Å². The molecule has 0 radical (unpaired) electrons. The molecule has 4 heteroatoms. The van der Waals surface area contributed by atoms with Gasteiger partial charge in [-0.25, -0.2) is 9.37 Å². The van der Waals surface area contributed by atoms with Gasteiger partial charge in [0, 0.05) is 23.4 Å². The Kier molecular flexibility index (Phi) is 4.03. The standard InChI is InChI=1S/C18H17FN2S/c1-11(2)18-21-16(13-4-6-15(19)7-5-13)17(22-18)14-8-9-20-12(3)10-14/h4-11H,1-3H3. The lowest BCUT2D eigenvalue weighted by molar-refractivity contribution is 0.628. The summed E-state index contributed by atoms with van der Waals surface area (Å²) in [5.41, 5.74) is 3.94. The van der Waals surface area contributed by atoms with Crippen molar-refractivity contribution in [2.45, 2.75) is 26.7 Å². The minimum atomic E-state index is -0.232. The van der Waals surface area contributed by atoms with Crippen molar-refractivity contribution in [1.82, 2.24) is 9.97 Å². The fourth-order valence-electron chi connectivity index (χ4n) is 2.27. The van der Waals surface area contributed by atoms with Gasteiger partial charge in [0.2, 0.25) is 0 Å². The predicted molar refractivity (Wildman–Crippen MR) is 89.6 cm³/mol. The van der Waals surface area contributed by atoms with Crippen molar-refractivity contribution >= 4 is 11.3 Å². The molecule has 0 atom stereocenters. The first-order chi connectivity index (χ1) is 10.5. The first-order valence-electron chi connectivity index (χ1n) is 7.24. The number of aryl methyl sites for hydroxylation is 1. The second kappa shape index (κ2) is 5.97. The molecule has 2 aromatic heterocycles. The number of hydrogen-bond donors (Lipinski definition) is 0. The molecule has 0 spiro atoms. The van der Waals surface area contributed by atoms with Crippen LogP contribution in [0.5, 0.6) is 0 Å². The summed E-state index contributed by atoms with van der Waals surface area (Å²) in [5.74, 6) is 0.130. The minimum absolute atomic E-state index is 0.232. The average molecular weight is 312 g/mol. The molecule has 0 saturated heterocycles. The van der Waals surface area contributed by atoms with Crippen LogP contribution in [0, 0.1) is 12.7 Å². The SMILES string of the molecule is Cc1cc(-c2sc(C(C)C)nc2-c2ccc(F)cc2)ccn1. The quantitative estimate of drug-likeness (QED) is 0.643. The summed E-state index contributed by atoms with van der Waals surface area (Å²) in [6, 6.07) is 10.6. The number of thiazole rings is 1. The normalized spacial score (nSPS) is 11.1. The summed E-state index contributed by atoms with van der Waals surface area (Å²) in [6.07, 6.45) is 1.81. The first kappa shape index (κ1) is 14.9. The van der Waals surface area contributed by atoms with E-state index >= 15 is 0 Å². The first-order valence-corrected chi connectivity index (χ1v) is 8.06. The van der Waals surface area contributed by atoms with E-state index in [2.05, 4.69) is 24.9 Å². The molecule has 112 valence electrons. The third kappa shape index (κ3) is 2.92. The third-order valence-electron chi connectivity index (χ3n) is 3.41. The van der Waals surface area contributed by atoms with Crippen LogP contribution in [-0.2, 0) is 0 Å². The van der Waals surface area contributed by atoms with Crippen molar-refractivity contribution in [1.29, 1.82) is 0 Å². The van der Waals surface area contributed by atoms with E-state index in [0.29, 0.717) is 5.92 Å². The van der Waals surface area contributed by atoms with Crippen molar-refractivity contribution in [2.24, 2.45) is 0 Å². The zero-order valence-electron chi connectivity index (χ0n) is 12.8. The Hall–Kier alpha value is -2.07. The molecule has 0 N–H and O–H groups in total. The van der Waals surface area contributed by atoms with E-state index in [0.717, 1.165) is 32.4 Å². The highest BCUT2D eigenvalue weighted by Gasteiger charge is 2.17. The zero-order valence-corrected chi connectivity index (χ0v) is 13.6. The van der Waals surface area contributed by atoms with Gasteiger partial charge >= 0.3 is 0 Å². The van der Waals surface area contributed by atoms with Gasteiger partial charge in [0.15, 0.2) is 0 Å². The van der Waals surface area contributed by atoms with E-state index in [1.54, 1.807) is 23.5 Å². The van der Waals surface area contributed by atoms with Gasteiger partial charge in [-0.3, -0.25) is 4.98 Å². The van der Waals surface area contributed by atoms with Crippen LogP contribution in [-0.4, -0.2) is 9.97 Å². The van der Waals surface area contributed by atoms with E-state index in [1.807, 2.05) is 19.2 Å². The van der Waals surface area contributed by atoms with Crippen LogP contribution in [0.4, 0.5) is 4.39 Å². The molecular weight excluding hydrogens is 295 g/mol. The van der Waals surface area contributed by atoms with Crippen LogP contribution < -0.4 is 0 Å². The summed E-state index contributed by atoms with van der Waals surface area (Å²) in [5, 5.41) is 1.09. The smallest absolute Gasteiger partial charge is 0.123 e. The van der Waals surface area contributed by atoms with Gasteiger partial charge in [0.25, 0.3) is 0 Å². The maximum atomic E-state index is 13.2. The highest BCUT2D eigenvalue weighted by Crippen LogP contribution is 2.39. The fourth-order valence-corrected chi connectivity index (χ4v) is 3.36. The van der Waals surface area contributed by atoms with Gasteiger partial charge in [-0.1, -0.05) is 13.8 Å². The summed E-state index contributed by atoms with van der Waals surface area (Å²) in [7, 11) is 0. The summed E-state index contributed by atoms with van der Waals surface area (Å²) < 4.78 is 13.2. The van der Waals surface area contributed by atoms with Gasteiger partial charge in [-0.15, -0.1) is 11.3 Å². The Balaban J connectivity index is 2.18. The van der Waals surface area contributed by atoms with Crippen LogP contribution in [0.3, 0.4) is 0 Å². The molecule has 0 amide bonds. The maximum Gasteiger partial charge on any atom is 0.123 e. The van der Waals surface area contributed by atoms with Gasteiger partial charge in [0.05, 0.1) is 15.6 Å². The molecule has 3 aromatic rings. The molecule has 22 heavy (non-hydrogen) atoms. The van der Waals surface area contributed by atoms with Crippen molar-refractivity contribution < 1.29 is 4.39 Å². The second-order valence-corrected chi connectivity index (χ2v) is 6.61. The van der Waals surface area contributed by atoms with Crippen LogP contribution >= 0.6 is 11.3 Å². The Labute approximate surface area is 133 Å².